The molecule has 0 radical (unpaired) electrons. The number of carboxylic acids is 1. The fourth-order valence-electron chi connectivity index (χ4n) is 2.75. The normalized spacial score (nSPS) is 18.5. The van der Waals surface area contributed by atoms with Crippen LogP contribution in [0.1, 0.15) is 36.0 Å². The zero-order valence-corrected chi connectivity index (χ0v) is 10.7. The summed E-state index contributed by atoms with van der Waals surface area (Å²) in [5.74, 6) is -1.97. The molecule has 102 valence electrons. The predicted molar refractivity (Wildman–Crippen MR) is 68.8 cm³/mol. The highest BCUT2D eigenvalue weighted by Gasteiger charge is 2.39. The first kappa shape index (κ1) is 12.6. The number of carbonyl (C=O) groups excluding carboxylic acids is 3. The molecule has 0 bridgehead atoms. The minimum atomic E-state index is -1.33. The monoisotopic (exact) mass is 270 g/mol. The van der Waals surface area contributed by atoms with E-state index in [1.807, 2.05) is 0 Å². The Hall–Kier alpha value is -2.43. The number of imide groups is 1. The van der Waals surface area contributed by atoms with Crippen molar-refractivity contribution in [1.82, 2.24) is 0 Å². The summed E-state index contributed by atoms with van der Waals surface area (Å²) in [6.45, 7) is 0. The Kier molecular flexibility index (Phi) is 2.89. The van der Waals surface area contributed by atoms with Gasteiger partial charge in [0.2, 0.25) is 0 Å². The van der Waals surface area contributed by atoms with E-state index in [9.17, 15) is 19.5 Å². The maximum absolute atomic E-state index is 12.3. The predicted octanol–water partition coefficient (Wildman–Crippen LogP) is 0.794. The van der Waals surface area contributed by atoms with Gasteiger partial charge in [0, 0.05) is 11.1 Å². The van der Waals surface area contributed by atoms with Gasteiger partial charge in [0.15, 0.2) is 0 Å². The number of hydrogen-bond acceptors (Lipinski definition) is 4. The lowest BCUT2D eigenvalue weighted by Crippen LogP contribution is -2.32. The highest BCUT2D eigenvalue weighted by atomic mass is 16.4. The Labute approximate surface area is 115 Å². The molecule has 20 heavy (non-hydrogen) atoms. The molecule has 1 aliphatic heterocycles. The Morgan fingerprint density at radius 3 is 2.20 bits per heavy atom. The number of carboxylic acid groups (broad SMARTS) is 1. The second kappa shape index (κ2) is 4.59. The number of rotatable bonds is 2. The van der Waals surface area contributed by atoms with Crippen molar-refractivity contribution < 1.29 is 19.5 Å². The van der Waals surface area contributed by atoms with Crippen molar-refractivity contribution in [3.05, 3.63) is 41.0 Å². The smallest absolute Gasteiger partial charge is 0.261 e. The average molecular weight is 270 g/mol. The lowest BCUT2D eigenvalue weighted by Gasteiger charge is -2.16. The van der Waals surface area contributed by atoms with Gasteiger partial charge in [-0.05, 0) is 43.4 Å². The average Bonchev–Trinajstić information content (AvgIpc) is 2.72. The molecular formula is C15H12NO4-. The molecule has 0 saturated heterocycles. The molecule has 0 unspecified atom stereocenters. The van der Waals surface area contributed by atoms with Crippen LogP contribution in [0.5, 0.6) is 0 Å². The van der Waals surface area contributed by atoms with E-state index in [1.165, 1.54) is 18.2 Å². The summed E-state index contributed by atoms with van der Waals surface area (Å²) >= 11 is 0. The molecule has 5 heteroatoms. The molecule has 3 rings (SSSR count). The van der Waals surface area contributed by atoms with Crippen LogP contribution in [0.15, 0.2) is 35.4 Å². The number of nitrogens with zero attached hydrogens (tertiary/aromatic N) is 1. The van der Waals surface area contributed by atoms with Crippen LogP contribution in [-0.4, -0.2) is 17.8 Å². The van der Waals surface area contributed by atoms with Crippen LogP contribution in [-0.2, 0) is 9.59 Å². The van der Waals surface area contributed by atoms with Gasteiger partial charge in [-0.3, -0.25) is 9.59 Å². The summed E-state index contributed by atoms with van der Waals surface area (Å²) < 4.78 is 0. The molecule has 5 nitrogen and oxygen atoms in total. The van der Waals surface area contributed by atoms with Crippen LogP contribution >= 0.6 is 0 Å². The molecule has 0 spiro atoms. The van der Waals surface area contributed by atoms with Crippen LogP contribution in [0.3, 0.4) is 0 Å². The summed E-state index contributed by atoms with van der Waals surface area (Å²) in [5.41, 5.74) is 1.41. The lowest BCUT2D eigenvalue weighted by molar-refractivity contribution is -0.255. The largest absolute Gasteiger partial charge is 0.545 e. The Bertz CT molecular complexity index is 632. The van der Waals surface area contributed by atoms with Gasteiger partial charge in [0.1, 0.15) is 0 Å². The second-order valence-corrected chi connectivity index (χ2v) is 4.95. The molecule has 1 aromatic rings. The lowest BCUT2D eigenvalue weighted by atomic mass is 9.93. The van der Waals surface area contributed by atoms with Crippen LogP contribution in [0.4, 0.5) is 5.69 Å². The maximum atomic E-state index is 12.3. The molecular weight excluding hydrogens is 258 g/mol. The third-order valence-corrected chi connectivity index (χ3v) is 3.73. The molecule has 2 amide bonds. The van der Waals surface area contributed by atoms with Gasteiger partial charge in [0.25, 0.3) is 11.8 Å². The summed E-state index contributed by atoms with van der Waals surface area (Å²) in [7, 11) is 0. The van der Waals surface area contributed by atoms with E-state index in [4.69, 9.17) is 0 Å². The number of benzene rings is 1. The molecule has 0 atom stereocenters. The Balaban J connectivity index is 2.00. The third-order valence-electron chi connectivity index (χ3n) is 3.73. The van der Waals surface area contributed by atoms with Crippen molar-refractivity contribution in [3.8, 4) is 0 Å². The highest BCUT2D eigenvalue weighted by molar-refractivity contribution is 6.33. The van der Waals surface area contributed by atoms with Crippen molar-refractivity contribution in [2.24, 2.45) is 0 Å². The standard InChI is InChI=1S/C15H13NO4/c17-13-11-6-1-2-7-12(11)14(18)16(13)10-5-3-4-9(8-10)15(19)20/h3-5,8H,1-2,6-7H2,(H,19,20)/p-1. The van der Waals surface area contributed by atoms with E-state index in [0.29, 0.717) is 24.0 Å². The number of amides is 2. The van der Waals surface area contributed by atoms with E-state index < -0.39 is 5.97 Å². The zero-order chi connectivity index (χ0) is 14.3. The van der Waals surface area contributed by atoms with Gasteiger partial charge in [-0.25, -0.2) is 4.90 Å². The zero-order valence-electron chi connectivity index (χ0n) is 10.7. The van der Waals surface area contributed by atoms with Crippen molar-refractivity contribution in [2.75, 3.05) is 4.90 Å². The number of hydrogen-bond donors (Lipinski definition) is 0. The van der Waals surface area contributed by atoms with Gasteiger partial charge in [-0.2, -0.15) is 0 Å². The van der Waals surface area contributed by atoms with E-state index in [1.54, 1.807) is 6.07 Å². The Morgan fingerprint density at radius 1 is 1.05 bits per heavy atom. The van der Waals surface area contributed by atoms with E-state index >= 15 is 0 Å². The SMILES string of the molecule is O=C([O-])c1cccc(N2C(=O)C3=C(CCCC3)C2=O)c1. The Morgan fingerprint density at radius 2 is 1.65 bits per heavy atom. The summed E-state index contributed by atoms with van der Waals surface area (Å²) in [4.78, 5) is 36.6. The first-order valence-corrected chi connectivity index (χ1v) is 6.52. The minimum Gasteiger partial charge on any atom is -0.545 e. The second-order valence-electron chi connectivity index (χ2n) is 4.95. The summed E-state index contributed by atoms with van der Waals surface area (Å²) in [5, 5.41) is 10.9. The maximum Gasteiger partial charge on any atom is 0.261 e. The molecule has 1 heterocycles. The van der Waals surface area contributed by atoms with Gasteiger partial charge >= 0.3 is 0 Å². The fourth-order valence-corrected chi connectivity index (χ4v) is 2.75. The van der Waals surface area contributed by atoms with Crippen molar-refractivity contribution in [2.45, 2.75) is 25.7 Å². The van der Waals surface area contributed by atoms with Crippen molar-refractivity contribution in [3.63, 3.8) is 0 Å². The highest BCUT2D eigenvalue weighted by Crippen LogP contribution is 2.35. The molecule has 1 aromatic carbocycles. The van der Waals surface area contributed by atoms with Crippen LogP contribution in [0.25, 0.3) is 0 Å². The first-order valence-electron chi connectivity index (χ1n) is 6.52. The van der Waals surface area contributed by atoms with Crippen molar-refractivity contribution >= 4 is 23.5 Å². The topological polar surface area (TPSA) is 77.5 Å². The molecule has 0 N–H and O–H groups in total. The van der Waals surface area contributed by atoms with E-state index in [0.717, 1.165) is 17.7 Å². The molecule has 0 aromatic heterocycles. The van der Waals surface area contributed by atoms with Gasteiger partial charge in [-0.15, -0.1) is 0 Å². The third kappa shape index (κ3) is 1.82. The molecule has 0 saturated carbocycles. The molecule has 1 aliphatic carbocycles. The summed E-state index contributed by atoms with van der Waals surface area (Å²) in [6.07, 6.45) is 3.06. The number of aromatic carboxylic acids is 1. The van der Waals surface area contributed by atoms with Crippen LogP contribution in [0.2, 0.25) is 0 Å². The molecule has 2 aliphatic rings. The van der Waals surface area contributed by atoms with Gasteiger partial charge in [0.05, 0.1) is 11.7 Å². The van der Waals surface area contributed by atoms with Gasteiger partial charge in [-0.1, -0.05) is 12.1 Å². The summed E-state index contributed by atoms with van der Waals surface area (Å²) in [6, 6.07) is 5.72. The minimum absolute atomic E-state index is 0.0482. The van der Waals surface area contributed by atoms with Crippen LogP contribution in [0, 0.1) is 0 Å². The van der Waals surface area contributed by atoms with Gasteiger partial charge < -0.3 is 9.90 Å². The van der Waals surface area contributed by atoms with E-state index in [2.05, 4.69) is 0 Å². The van der Waals surface area contributed by atoms with Crippen LogP contribution < -0.4 is 10.0 Å². The molecule has 0 fully saturated rings. The van der Waals surface area contributed by atoms with E-state index in [-0.39, 0.29) is 23.1 Å². The quantitative estimate of drug-likeness (QED) is 0.744. The fraction of sp³-hybridized carbons (Fsp3) is 0.267. The number of anilines is 1. The number of carbonyl (C=O) groups is 3. The first-order chi connectivity index (χ1) is 9.59. The van der Waals surface area contributed by atoms with Crippen molar-refractivity contribution in [1.29, 1.82) is 0 Å².